The largest absolute Gasteiger partial charge is 0.433 e. The van der Waals surface area contributed by atoms with Gasteiger partial charge in [0.2, 0.25) is 0 Å². The number of rotatable bonds is 3. The molecule has 26 heavy (non-hydrogen) atoms. The summed E-state index contributed by atoms with van der Waals surface area (Å²) in [5.41, 5.74) is 0.177. The monoisotopic (exact) mass is 367 g/mol. The molecule has 1 amide bonds. The Balaban J connectivity index is 1.59. The second-order valence-corrected chi connectivity index (χ2v) is 6.41. The van der Waals surface area contributed by atoms with Crippen LogP contribution in [-0.4, -0.2) is 51.8 Å². The highest BCUT2D eigenvalue weighted by molar-refractivity contribution is 5.92. The molecule has 1 aliphatic rings. The molecule has 0 atom stereocenters. The standard InChI is InChI=1S/C17H20F3N5O/c1-23-8-7-14(22-23)16(26)24(2)12-5-9-25(10-6-12)13-3-4-15(21-11-13)17(18,19)20/h3-4,7-8,11-12H,5-6,9-10H2,1-2H3. The fourth-order valence-corrected chi connectivity index (χ4v) is 3.13. The highest BCUT2D eigenvalue weighted by Gasteiger charge is 2.32. The second-order valence-electron chi connectivity index (χ2n) is 6.41. The van der Waals surface area contributed by atoms with E-state index in [1.807, 2.05) is 4.90 Å². The van der Waals surface area contributed by atoms with Gasteiger partial charge in [-0.15, -0.1) is 0 Å². The third-order valence-electron chi connectivity index (χ3n) is 4.67. The third-order valence-corrected chi connectivity index (χ3v) is 4.67. The number of nitrogens with zero attached hydrogens (tertiary/aromatic N) is 5. The van der Waals surface area contributed by atoms with Crippen molar-refractivity contribution in [3.63, 3.8) is 0 Å². The number of piperidine rings is 1. The Bertz CT molecular complexity index is 763. The van der Waals surface area contributed by atoms with Crippen molar-refractivity contribution in [1.82, 2.24) is 19.7 Å². The molecule has 0 spiro atoms. The Morgan fingerprint density at radius 3 is 2.42 bits per heavy atom. The Labute approximate surface area is 149 Å². The van der Waals surface area contributed by atoms with Gasteiger partial charge in [-0.25, -0.2) is 4.98 Å². The number of aryl methyl sites for hydroxylation is 1. The van der Waals surface area contributed by atoms with Gasteiger partial charge in [-0.2, -0.15) is 18.3 Å². The van der Waals surface area contributed by atoms with E-state index in [2.05, 4.69) is 10.1 Å². The number of hydrogen-bond donors (Lipinski definition) is 0. The summed E-state index contributed by atoms with van der Waals surface area (Å²) in [6, 6.07) is 4.20. The smallest absolute Gasteiger partial charge is 0.370 e. The molecular formula is C17H20F3N5O. The lowest BCUT2D eigenvalue weighted by molar-refractivity contribution is -0.141. The van der Waals surface area contributed by atoms with Crippen LogP contribution in [0.25, 0.3) is 0 Å². The van der Waals surface area contributed by atoms with Crippen molar-refractivity contribution in [1.29, 1.82) is 0 Å². The summed E-state index contributed by atoms with van der Waals surface area (Å²) in [5.74, 6) is -0.125. The molecule has 3 rings (SSSR count). The minimum Gasteiger partial charge on any atom is -0.370 e. The number of amides is 1. The predicted molar refractivity (Wildman–Crippen MR) is 89.8 cm³/mol. The quantitative estimate of drug-likeness (QED) is 0.837. The van der Waals surface area contributed by atoms with E-state index in [1.54, 1.807) is 35.9 Å². The van der Waals surface area contributed by atoms with E-state index in [4.69, 9.17) is 0 Å². The molecule has 2 aromatic rings. The van der Waals surface area contributed by atoms with Crippen LogP contribution in [0.1, 0.15) is 29.0 Å². The summed E-state index contributed by atoms with van der Waals surface area (Å²) in [6.07, 6.45) is 0.0133. The Morgan fingerprint density at radius 2 is 1.92 bits per heavy atom. The van der Waals surface area contributed by atoms with Crippen molar-refractivity contribution in [2.45, 2.75) is 25.1 Å². The van der Waals surface area contributed by atoms with Crippen molar-refractivity contribution in [3.8, 4) is 0 Å². The molecule has 0 unspecified atom stereocenters. The molecule has 1 saturated heterocycles. The van der Waals surface area contributed by atoms with Crippen LogP contribution in [0.3, 0.4) is 0 Å². The van der Waals surface area contributed by atoms with E-state index in [-0.39, 0.29) is 11.9 Å². The number of alkyl halides is 3. The van der Waals surface area contributed by atoms with Gasteiger partial charge >= 0.3 is 6.18 Å². The molecule has 0 N–H and O–H groups in total. The van der Waals surface area contributed by atoms with E-state index in [0.717, 1.165) is 18.9 Å². The molecule has 0 aromatic carbocycles. The van der Waals surface area contributed by atoms with Crippen LogP contribution >= 0.6 is 0 Å². The van der Waals surface area contributed by atoms with E-state index in [1.165, 1.54) is 12.3 Å². The van der Waals surface area contributed by atoms with E-state index < -0.39 is 11.9 Å². The lowest BCUT2D eigenvalue weighted by atomic mass is 10.0. The first-order chi connectivity index (χ1) is 12.3. The second kappa shape index (κ2) is 6.97. The van der Waals surface area contributed by atoms with Gasteiger partial charge in [0.05, 0.1) is 11.9 Å². The maximum absolute atomic E-state index is 12.6. The minimum atomic E-state index is -4.43. The maximum atomic E-state index is 12.6. The summed E-state index contributed by atoms with van der Waals surface area (Å²) in [6.45, 7) is 1.30. The van der Waals surface area contributed by atoms with Gasteiger partial charge in [0, 0.05) is 39.4 Å². The van der Waals surface area contributed by atoms with Crippen LogP contribution < -0.4 is 4.90 Å². The molecule has 0 bridgehead atoms. The summed E-state index contributed by atoms with van der Waals surface area (Å²) in [4.78, 5) is 19.7. The molecule has 0 radical (unpaired) electrons. The van der Waals surface area contributed by atoms with E-state index in [0.29, 0.717) is 24.5 Å². The topological polar surface area (TPSA) is 54.3 Å². The number of aromatic nitrogens is 3. The highest BCUT2D eigenvalue weighted by atomic mass is 19.4. The van der Waals surface area contributed by atoms with Gasteiger partial charge < -0.3 is 9.80 Å². The minimum absolute atomic E-state index is 0.0724. The summed E-state index contributed by atoms with van der Waals surface area (Å²) in [7, 11) is 3.52. The number of halogens is 3. The number of carbonyl (C=O) groups is 1. The molecule has 3 heterocycles. The summed E-state index contributed by atoms with van der Waals surface area (Å²) >= 11 is 0. The van der Waals surface area contributed by atoms with Crippen LogP contribution in [-0.2, 0) is 13.2 Å². The van der Waals surface area contributed by atoms with Crippen molar-refractivity contribution in [2.75, 3.05) is 25.0 Å². The predicted octanol–water partition coefficient (Wildman–Crippen LogP) is 2.57. The molecule has 140 valence electrons. The van der Waals surface area contributed by atoms with Gasteiger partial charge in [0.25, 0.3) is 5.91 Å². The zero-order valence-electron chi connectivity index (χ0n) is 14.6. The molecule has 9 heteroatoms. The van der Waals surface area contributed by atoms with Gasteiger partial charge in [-0.05, 0) is 31.0 Å². The average molecular weight is 367 g/mol. The van der Waals surface area contributed by atoms with Crippen molar-refractivity contribution in [2.24, 2.45) is 7.05 Å². The molecule has 0 saturated carbocycles. The fraction of sp³-hybridized carbons (Fsp3) is 0.471. The van der Waals surface area contributed by atoms with Crippen LogP contribution in [0, 0.1) is 0 Å². The first-order valence-corrected chi connectivity index (χ1v) is 8.30. The third kappa shape index (κ3) is 3.81. The zero-order chi connectivity index (χ0) is 18.9. The molecule has 1 fully saturated rings. The number of anilines is 1. The van der Waals surface area contributed by atoms with Gasteiger partial charge in [-0.1, -0.05) is 0 Å². The number of hydrogen-bond acceptors (Lipinski definition) is 4. The normalized spacial score (nSPS) is 16.0. The first-order valence-electron chi connectivity index (χ1n) is 8.30. The Morgan fingerprint density at radius 1 is 1.23 bits per heavy atom. The Kier molecular flexibility index (Phi) is 4.88. The van der Waals surface area contributed by atoms with E-state index in [9.17, 15) is 18.0 Å². The number of pyridine rings is 1. The van der Waals surface area contributed by atoms with Gasteiger partial charge in [-0.3, -0.25) is 9.48 Å². The molecule has 2 aromatic heterocycles. The van der Waals surface area contributed by atoms with E-state index >= 15 is 0 Å². The fourth-order valence-electron chi connectivity index (χ4n) is 3.13. The summed E-state index contributed by atoms with van der Waals surface area (Å²) in [5, 5.41) is 4.13. The lowest BCUT2D eigenvalue weighted by Gasteiger charge is -2.37. The lowest BCUT2D eigenvalue weighted by Crippen LogP contribution is -2.45. The first kappa shape index (κ1) is 18.2. The highest BCUT2D eigenvalue weighted by Crippen LogP contribution is 2.29. The van der Waals surface area contributed by atoms with Crippen LogP contribution in [0.2, 0.25) is 0 Å². The van der Waals surface area contributed by atoms with Crippen molar-refractivity contribution in [3.05, 3.63) is 42.0 Å². The van der Waals surface area contributed by atoms with Crippen LogP contribution in [0.4, 0.5) is 18.9 Å². The maximum Gasteiger partial charge on any atom is 0.433 e. The van der Waals surface area contributed by atoms with Crippen LogP contribution in [0.5, 0.6) is 0 Å². The van der Waals surface area contributed by atoms with Gasteiger partial charge in [0.15, 0.2) is 0 Å². The molecule has 0 aliphatic carbocycles. The zero-order valence-corrected chi connectivity index (χ0v) is 14.6. The van der Waals surface area contributed by atoms with Crippen LogP contribution in [0.15, 0.2) is 30.6 Å². The number of carbonyl (C=O) groups excluding carboxylic acids is 1. The molecule has 1 aliphatic heterocycles. The van der Waals surface area contributed by atoms with Crippen molar-refractivity contribution >= 4 is 11.6 Å². The van der Waals surface area contributed by atoms with Crippen molar-refractivity contribution < 1.29 is 18.0 Å². The van der Waals surface area contributed by atoms with Gasteiger partial charge in [0.1, 0.15) is 11.4 Å². The SMILES string of the molecule is CN(C(=O)c1ccn(C)n1)C1CCN(c2ccc(C(F)(F)F)nc2)CC1. The molecular weight excluding hydrogens is 347 g/mol. The molecule has 6 nitrogen and oxygen atoms in total. The Hall–Kier alpha value is -2.58. The summed E-state index contributed by atoms with van der Waals surface area (Å²) < 4.78 is 39.4. The average Bonchev–Trinajstić information content (AvgIpc) is 3.06.